The zero-order valence-electron chi connectivity index (χ0n) is 24.9. The van der Waals surface area contributed by atoms with Crippen LogP contribution in [0.5, 0.6) is 0 Å². The van der Waals surface area contributed by atoms with Crippen molar-refractivity contribution in [1.29, 1.82) is 0 Å². The van der Waals surface area contributed by atoms with E-state index in [1.54, 1.807) is 6.20 Å². The van der Waals surface area contributed by atoms with Crippen molar-refractivity contribution < 1.29 is 24.5 Å². The Labute approximate surface area is 270 Å². The van der Waals surface area contributed by atoms with Gasteiger partial charge in [0, 0.05) is 49.6 Å². The molecule has 0 bridgehead atoms. The first kappa shape index (κ1) is 29.6. The van der Waals surface area contributed by atoms with Crippen molar-refractivity contribution >= 4 is 22.1 Å². The third-order valence-corrected chi connectivity index (χ3v) is 8.91. The van der Waals surface area contributed by atoms with E-state index in [9.17, 15) is 0 Å². The van der Waals surface area contributed by atoms with Crippen molar-refractivity contribution in [3.8, 4) is 33.9 Å². The topological polar surface area (TPSA) is 64.7 Å². The minimum atomic E-state index is -0.177. The zero-order valence-corrected chi connectivity index (χ0v) is 27.3. The number of rotatable bonds is 2. The van der Waals surface area contributed by atoms with Gasteiger partial charge < -0.3 is 14.4 Å². The first-order valence-electron chi connectivity index (χ1n) is 14.4. The van der Waals surface area contributed by atoms with Gasteiger partial charge in [0.2, 0.25) is 5.71 Å². The van der Waals surface area contributed by atoms with E-state index in [0.29, 0.717) is 11.5 Å². The van der Waals surface area contributed by atoms with Gasteiger partial charge in [-0.15, -0.1) is 59.2 Å². The fraction of sp³-hybridized carbons (Fsp3) is 0.158. The molecule has 0 saturated carbocycles. The number of furan rings is 1. The summed E-state index contributed by atoms with van der Waals surface area (Å²) >= 11 is 0. The van der Waals surface area contributed by atoms with Crippen LogP contribution >= 0.6 is 0 Å². The van der Waals surface area contributed by atoms with Gasteiger partial charge in [0.05, 0.1) is 5.58 Å². The molecule has 4 heterocycles. The second-order valence-corrected chi connectivity index (χ2v) is 11.8. The summed E-state index contributed by atoms with van der Waals surface area (Å²) in [6.45, 7) is 9.18. The maximum atomic E-state index is 6.23. The van der Waals surface area contributed by atoms with E-state index < -0.39 is 0 Å². The van der Waals surface area contributed by atoms with E-state index in [4.69, 9.17) is 14.4 Å². The SMILES string of the molecule is CC1(C)c2cccnc2-c2[c-]cc3oc4nc(-c5ccccc5)ncc4c3c2C1(C)C.[Ir].[c-]1ccccc1-c1ccccn1. The van der Waals surface area contributed by atoms with Gasteiger partial charge in [0.15, 0.2) is 5.82 Å². The molecular weight excluding hydrogens is 721 g/mol. The van der Waals surface area contributed by atoms with E-state index >= 15 is 0 Å². The number of nitrogens with zero attached hydrogens (tertiary/aromatic N) is 4. The van der Waals surface area contributed by atoms with Gasteiger partial charge in [-0.3, -0.25) is 0 Å². The standard InChI is InChI=1S/C27H22N3O.C11H8N.Ir/c1-26(2)19-11-8-14-28-23(19)17-12-13-20-21(22(17)27(26,3)4)18-15-29-24(30-25(18)31-20)16-9-6-5-7-10-16;1-2-6-10(7-3-1)11-8-4-5-9-12-11;/h5-11,13-15H,1-4H3;1-6,8-9H;/q2*-1;. The molecule has 3 aromatic carbocycles. The molecule has 0 spiro atoms. The molecule has 7 aromatic rings. The molecule has 0 unspecified atom stereocenters. The number of benzene rings is 3. The normalized spacial score (nSPS) is 14.1. The van der Waals surface area contributed by atoms with Gasteiger partial charge in [0.25, 0.3) is 0 Å². The fourth-order valence-corrected chi connectivity index (χ4v) is 5.97. The second-order valence-electron chi connectivity index (χ2n) is 11.8. The number of aromatic nitrogens is 4. The summed E-state index contributed by atoms with van der Waals surface area (Å²) in [5.74, 6) is 0.664. The van der Waals surface area contributed by atoms with Crippen LogP contribution < -0.4 is 0 Å². The van der Waals surface area contributed by atoms with Crippen LogP contribution in [0.25, 0.3) is 56.0 Å². The van der Waals surface area contributed by atoms with Crippen LogP contribution in [0.2, 0.25) is 0 Å². The summed E-state index contributed by atoms with van der Waals surface area (Å²) in [4.78, 5) is 18.4. The molecule has 0 amide bonds. The summed E-state index contributed by atoms with van der Waals surface area (Å²) in [5, 5.41) is 2.00. The number of pyridine rings is 2. The molecule has 8 rings (SSSR count). The van der Waals surface area contributed by atoms with Crippen LogP contribution in [-0.4, -0.2) is 19.9 Å². The Hall–Kier alpha value is -4.51. The number of hydrogen-bond acceptors (Lipinski definition) is 5. The molecule has 6 heteroatoms. The van der Waals surface area contributed by atoms with Crippen molar-refractivity contribution in [2.75, 3.05) is 0 Å². The van der Waals surface area contributed by atoms with E-state index in [-0.39, 0.29) is 30.9 Å². The molecule has 0 saturated heterocycles. The molecule has 0 fully saturated rings. The van der Waals surface area contributed by atoms with E-state index in [1.165, 1.54) is 11.1 Å². The molecule has 5 nitrogen and oxygen atoms in total. The van der Waals surface area contributed by atoms with Gasteiger partial charge in [-0.2, -0.15) is 4.98 Å². The Kier molecular flexibility index (Phi) is 7.75. The molecular formula is C38H30IrN4O-2. The Bertz CT molecular complexity index is 2030. The van der Waals surface area contributed by atoms with Crippen LogP contribution in [0.4, 0.5) is 0 Å². The summed E-state index contributed by atoms with van der Waals surface area (Å²) in [6.07, 6.45) is 5.54. The van der Waals surface area contributed by atoms with Gasteiger partial charge >= 0.3 is 0 Å². The molecule has 44 heavy (non-hydrogen) atoms. The van der Waals surface area contributed by atoms with Crippen LogP contribution in [-0.2, 0) is 30.9 Å². The number of hydrogen-bond donors (Lipinski definition) is 0. The average Bonchev–Trinajstić information content (AvgIpc) is 3.43. The first-order chi connectivity index (χ1) is 20.9. The van der Waals surface area contributed by atoms with E-state index in [0.717, 1.165) is 44.4 Å². The van der Waals surface area contributed by atoms with E-state index in [1.807, 2.05) is 97.3 Å². The maximum absolute atomic E-state index is 6.23. The molecule has 0 N–H and O–H groups in total. The third-order valence-electron chi connectivity index (χ3n) is 8.91. The molecule has 0 atom stereocenters. The van der Waals surface area contributed by atoms with Crippen molar-refractivity contribution in [3.05, 3.63) is 133 Å². The average molecular weight is 751 g/mol. The molecule has 1 radical (unpaired) electrons. The summed E-state index contributed by atoms with van der Waals surface area (Å²) in [6, 6.07) is 36.4. The van der Waals surface area contributed by atoms with Gasteiger partial charge in [-0.1, -0.05) is 81.8 Å². The van der Waals surface area contributed by atoms with Crippen LogP contribution in [0.1, 0.15) is 38.8 Å². The van der Waals surface area contributed by atoms with Gasteiger partial charge in [-0.05, 0) is 39.7 Å². The molecule has 0 aliphatic heterocycles. The van der Waals surface area contributed by atoms with Crippen LogP contribution in [0, 0.1) is 12.1 Å². The van der Waals surface area contributed by atoms with Crippen molar-refractivity contribution in [1.82, 2.24) is 19.9 Å². The largest absolute Gasteiger partial charge is 0.486 e. The minimum absolute atomic E-state index is 0. The van der Waals surface area contributed by atoms with Gasteiger partial charge in [0.1, 0.15) is 0 Å². The van der Waals surface area contributed by atoms with E-state index in [2.05, 4.69) is 55.9 Å². The van der Waals surface area contributed by atoms with Crippen LogP contribution in [0.3, 0.4) is 0 Å². The Morgan fingerprint density at radius 2 is 1.50 bits per heavy atom. The Balaban J connectivity index is 0.000000222. The number of fused-ring (bicyclic) bond motifs is 7. The smallest absolute Gasteiger partial charge is 0.219 e. The quantitative estimate of drug-likeness (QED) is 0.165. The predicted octanol–water partition coefficient (Wildman–Crippen LogP) is 9.02. The maximum Gasteiger partial charge on any atom is 0.219 e. The summed E-state index contributed by atoms with van der Waals surface area (Å²) in [5.41, 5.74) is 8.57. The molecule has 1 aliphatic carbocycles. The Morgan fingerprint density at radius 3 is 2.25 bits per heavy atom. The first-order valence-corrected chi connectivity index (χ1v) is 14.4. The minimum Gasteiger partial charge on any atom is -0.486 e. The predicted molar refractivity (Wildman–Crippen MR) is 171 cm³/mol. The molecule has 4 aromatic heterocycles. The molecule has 1 aliphatic rings. The van der Waals surface area contributed by atoms with Crippen molar-refractivity contribution in [2.45, 2.75) is 38.5 Å². The summed E-state index contributed by atoms with van der Waals surface area (Å²) < 4.78 is 6.23. The summed E-state index contributed by atoms with van der Waals surface area (Å²) in [7, 11) is 0. The van der Waals surface area contributed by atoms with Crippen molar-refractivity contribution in [2.24, 2.45) is 0 Å². The fourth-order valence-electron chi connectivity index (χ4n) is 5.97. The molecule has 219 valence electrons. The third kappa shape index (κ3) is 4.85. The van der Waals surface area contributed by atoms with Gasteiger partial charge in [-0.25, -0.2) is 4.98 Å². The Morgan fingerprint density at radius 1 is 0.727 bits per heavy atom. The zero-order chi connectivity index (χ0) is 29.6. The second kappa shape index (κ2) is 11.5. The van der Waals surface area contributed by atoms with Crippen molar-refractivity contribution in [3.63, 3.8) is 0 Å². The van der Waals surface area contributed by atoms with Crippen LogP contribution in [0.15, 0.2) is 114 Å². The monoisotopic (exact) mass is 751 g/mol.